The summed E-state index contributed by atoms with van der Waals surface area (Å²) in [6.07, 6.45) is 0. The molecule has 0 atom stereocenters. The number of carbonyl (C=O) groups excluding carboxylic acids is 1. The Balaban J connectivity index is 2.02. The molecule has 0 saturated heterocycles. The van der Waals surface area contributed by atoms with Gasteiger partial charge in [-0.1, -0.05) is 12.1 Å². The van der Waals surface area contributed by atoms with Crippen LogP contribution >= 0.6 is 0 Å². The molecule has 0 spiro atoms. The van der Waals surface area contributed by atoms with Crippen LogP contribution in [0.5, 0.6) is 5.75 Å². The van der Waals surface area contributed by atoms with E-state index in [1.807, 2.05) is 25.1 Å². The van der Waals surface area contributed by atoms with Crippen molar-refractivity contribution in [1.29, 1.82) is 0 Å². The van der Waals surface area contributed by atoms with E-state index in [1.165, 1.54) is 0 Å². The second-order valence-electron chi connectivity index (χ2n) is 4.54. The first-order valence-corrected chi connectivity index (χ1v) is 6.38. The van der Waals surface area contributed by atoms with Gasteiger partial charge in [0.05, 0.1) is 7.11 Å². The highest BCUT2D eigenvalue weighted by atomic mass is 16.5. The monoisotopic (exact) mass is 270 g/mol. The van der Waals surface area contributed by atoms with Crippen LogP contribution in [-0.4, -0.2) is 13.0 Å². The van der Waals surface area contributed by atoms with Gasteiger partial charge in [-0.3, -0.25) is 4.79 Å². The molecule has 0 fully saturated rings. The predicted molar refractivity (Wildman–Crippen MR) is 79.8 cm³/mol. The third-order valence-corrected chi connectivity index (χ3v) is 3.28. The molecule has 2 rings (SSSR count). The van der Waals surface area contributed by atoms with Crippen molar-refractivity contribution in [2.75, 3.05) is 12.8 Å². The molecule has 0 aliphatic heterocycles. The van der Waals surface area contributed by atoms with E-state index in [1.54, 1.807) is 31.4 Å². The number of hydrogen-bond acceptors (Lipinski definition) is 3. The van der Waals surface area contributed by atoms with Gasteiger partial charge in [0.2, 0.25) is 0 Å². The average molecular weight is 270 g/mol. The van der Waals surface area contributed by atoms with Crippen molar-refractivity contribution in [2.45, 2.75) is 13.5 Å². The Labute approximate surface area is 118 Å². The van der Waals surface area contributed by atoms with Crippen LogP contribution < -0.4 is 15.8 Å². The van der Waals surface area contributed by atoms with Crippen molar-refractivity contribution >= 4 is 11.6 Å². The number of methoxy groups -OCH3 is 1. The molecule has 0 bridgehead atoms. The van der Waals surface area contributed by atoms with Crippen molar-refractivity contribution in [3.8, 4) is 5.75 Å². The lowest BCUT2D eigenvalue weighted by Crippen LogP contribution is -2.23. The Hall–Kier alpha value is -2.49. The lowest BCUT2D eigenvalue weighted by atomic mass is 10.1. The summed E-state index contributed by atoms with van der Waals surface area (Å²) >= 11 is 0. The first kappa shape index (κ1) is 13.9. The largest absolute Gasteiger partial charge is 0.497 e. The number of nitrogens with two attached hydrogens (primary N) is 1. The van der Waals surface area contributed by atoms with Crippen LogP contribution in [0.2, 0.25) is 0 Å². The number of anilines is 1. The summed E-state index contributed by atoms with van der Waals surface area (Å²) in [4.78, 5) is 12.0. The zero-order valence-corrected chi connectivity index (χ0v) is 11.6. The van der Waals surface area contributed by atoms with E-state index >= 15 is 0 Å². The first-order valence-electron chi connectivity index (χ1n) is 6.38. The molecule has 0 unspecified atom stereocenters. The van der Waals surface area contributed by atoms with Gasteiger partial charge < -0.3 is 15.8 Å². The normalized spacial score (nSPS) is 10.1. The van der Waals surface area contributed by atoms with Crippen molar-refractivity contribution in [3.05, 3.63) is 59.2 Å². The van der Waals surface area contributed by atoms with Crippen LogP contribution in [0.1, 0.15) is 21.5 Å². The van der Waals surface area contributed by atoms with Crippen molar-refractivity contribution in [2.24, 2.45) is 0 Å². The lowest BCUT2D eigenvalue weighted by molar-refractivity contribution is 0.0951. The molecule has 0 saturated carbocycles. The Morgan fingerprint density at radius 2 is 1.90 bits per heavy atom. The highest BCUT2D eigenvalue weighted by Crippen LogP contribution is 2.15. The molecule has 0 radical (unpaired) electrons. The van der Waals surface area contributed by atoms with E-state index in [-0.39, 0.29) is 5.91 Å². The molecule has 0 heterocycles. The average Bonchev–Trinajstić information content (AvgIpc) is 2.48. The zero-order valence-electron chi connectivity index (χ0n) is 11.6. The van der Waals surface area contributed by atoms with Crippen LogP contribution in [0.4, 0.5) is 5.69 Å². The fraction of sp³-hybridized carbons (Fsp3) is 0.188. The Bertz CT molecular complexity index is 606. The van der Waals surface area contributed by atoms with Crippen molar-refractivity contribution < 1.29 is 9.53 Å². The predicted octanol–water partition coefficient (Wildman–Crippen LogP) is 2.52. The highest BCUT2D eigenvalue weighted by Gasteiger charge is 2.07. The van der Waals surface area contributed by atoms with Gasteiger partial charge in [-0.25, -0.2) is 0 Å². The van der Waals surface area contributed by atoms with Gasteiger partial charge in [0.15, 0.2) is 0 Å². The second kappa shape index (κ2) is 6.10. The smallest absolute Gasteiger partial charge is 0.251 e. The molecule has 3 N–H and O–H groups in total. The molecule has 20 heavy (non-hydrogen) atoms. The van der Waals surface area contributed by atoms with E-state index in [2.05, 4.69) is 5.32 Å². The minimum atomic E-state index is -0.116. The maximum atomic E-state index is 12.0. The van der Waals surface area contributed by atoms with E-state index in [0.29, 0.717) is 12.1 Å². The van der Waals surface area contributed by atoms with Gasteiger partial charge in [0.25, 0.3) is 5.91 Å². The Kier molecular flexibility index (Phi) is 4.25. The van der Waals surface area contributed by atoms with Gasteiger partial charge >= 0.3 is 0 Å². The summed E-state index contributed by atoms with van der Waals surface area (Å²) in [6, 6.07) is 12.7. The molecule has 0 aliphatic carbocycles. The van der Waals surface area contributed by atoms with Gasteiger partial charge in [0, 0.05) is 17.8 Å². The molecule has 0 aliphatic rings. The number of rotatable bonds is 4. The minimum absolute atomic E-state index is 0.116. The highest BCUT2D eigenvalue weighted by molar-refractivity contribution is 5.94. The minimum Gasteiger partial charge on any atom is -0.497 e. The van der Waals surface area contributed by atoms with E-state index in [0.717, 1.165) is 22.6 Å². The molecule has 4 nitrogen and oxygen atoms in total. The Morgan fingerprint density at radius 3 is 2.55 bits per heavy atom. The molecule has 1 amide bonds. The number of nitrogens with one attached hydrogen (secondary N) is 1. The molecule has 0 aromatic heterocycles. The van der Waals surface area contributed by atoms with Crippen LogP contribution in [-0.2, 0) is 6.54 Å². The van der Waals surface area contributed by atoms with Crippen LogP contribution in [0, 0.1) is 6.92 Å². The number of amides is 1. The SMILES string of the molecule is COc1ccc(C(=O)NCc2cccc(N)c2C)cc1. The fourth-order valence-corrected chi connectivity index (χ4v) is 1.91. The summed E-state index contributed by atoms with van der Waals surface area (Å²) in [5.74, 6) is 0.614. The van der Waals surface area contributed by atoms with E-state index in [9.17, 15) is 4.79 Å². The molecule has 2 aromatic rings. The molecular weight excluding hydrogens is 252 g/mol. The van der Waals surface area contributed by atoms with Gasteiger partial charge in [0.1, 0.15) is 5.75 Å². The number of benzene rings is 2. The van der Waals surface area contributed by atoms with E-state index < -0.39 is 0 Å². The fourth-order valence-electron chi connectivity index (χ4n) is 1.91. The maximum Gasteiger partial charge on any atom is 0.251 e. The standard InChI is InChI=1S/C16H18N2O2/c1-11-13(4-3-5-15(11)17)10-18-16(19)12-6-8-14(20-2)9-7-12/h3-9H,10,17H2,1-2H3,(H,18,19). The topological polar surface area (TPSA) is 64.3 Å². The summed E-state index contributed by atoms with van der Waals surface area (Å²) < 4.78 is 5.06. The summed E-state index contributed by atoms with van der Waals surface area (Å²) in [5, 5.41) is 2.89. The molecule has 104 valence electrons. The summed E-state index contributed by atoms with van der Waals surface area (Å²) in [7, 11) is 1.59. The number of ether oxygens (including phenoxy) is 1. The quantitative estimate of drug-likeness (QED) is 0.839. The number of hydrogen-bond donors (Lipinski definition) is 2. The first-order chi connectivity index (χ1) is 9.61. The van der Waals surface area contributed by atoms with Crippen LogP contribution in [0.15, 0.2) is 42.5 Å². The summed E-state index contributed by atoms with van der Waals surface area (Å²) in [6.45, 7) is 2.41. The second-order valence-corrected chi connectivity index (χ2v) is 4.54. The molecule has 2 aromatic carbocycles. The Morgan fingerprint density at radius 1 is 1.20 bits per heavy atom. The third-order valence-electron chi connectivity index (χ3n) is 3.28. The van der Waals surface area contributed by atoms with E-state index in [4.69, 9.17) is 10.5 Å². The van der Waals surface area contributed by atoms with Crippen molar-refractivity contribution in [3.63, 3.8) is 0 Å². The lowest BCUT2D eigenvalue weighted by Gasteiger charge is -2.10. The third kappa shape index (κ3) is 3.09. The molecule has 4 heteroatoms. The maximum absolute atomic E-state index is 12.0. The number of carbonyl (C=O) groups is 1. The zero-order chi connectivity index (χ0) is 14.5. The van der Waals surface area contributed by atoms with Crippen LogP contribution in [0.3, 0.4) is 0 Å². The van der Waals surface area contributed by atoms with Crippen molar-refractivity contribution in [1.82, 2.24) is 5.32 Å². The van der Waals surface area contributed by atoms with Gasteiger partial charge in [-0.15, -0.1) is 0 Å². The number of nitrogen functional groups attached to an aromatic ring is 1. The molecular formula is C16H18N2O2. The van der Waals surface area contributed by atoms with Crippen LogP contribution in [0.25, 0.3) is 0 Å². The summed E-state index contributed by atoms with van der Waals surface area (Å²) in [5.41, 5.74) is 9.21. The van der Waals surface area contributed by atoms with Gasteiger partial charge in [-0.05, 0) is 48.4 Å². The van der Waals surface area contributed by atoms with Gasteiger partial charge in [-0.2, -0.15) is 0 Å².